The fourth-order valence-electron chi connectivity index (χ4n) is 3.89. The van der Waals surface area contributed by atoms with Gasteiger partial charge in [-0.25, -0.2) is 14.0 Å². The molecular weight excluding hydrogens is 435 g/mol. The van der Waals surface area contributed by atoms with Crippen LogP contribution in [-0.4, -0.2) is 60.8 Å². The van der Waals surface area contributed by atoms with Crippen LogP contribution in [0, 0.1) is 5.82 Å². The van der Waals surface area contributed by atoms with Crippen LogP contribution < -0.4 is 14.8 Å². The molecule has 7 nitrogen and oxygen atoms in total. The Morgan fingerprint density at radius 2 is 1.88 bits per heavy atom. The van der Waals surface area contributed by atoms with Crippen LogP contribution in [0.15, 0.2) is 36.4 Å². The number of hydrogen-bond donors (Lipinski definition) is 2. The van der Waals surface area contributed by atoms with Gasteiger partial charge in [0.25, 0.3) is 0 Å². The number of ether oxygens (including phenoxy) is 2. The van der Waals surface area contributed by atoms with E-state index in [-0.39, 0.29) is 5.82 Å². The van der Waals surface area contributed by atoms with Gasteiger partial charge in [0.2, 0.25) is 0 Å². The smallest absolute Gasteiger partial charge is 0.326 e. The van der Waals surface area contributed by atoms with Crippen molar-refractivity contribution < 1.29 is 28.6 Å². The topological polar surface area (TPSA) is 88.1 Å². The molecular formula is C23H27FN2O5S. The van der Waals surface area contributed by atoms with Crippen molar-refractivity contribution in [3.63, 3.8) is 0 Å². The van der Waals surface area contributed by atoms with Crippen molar-refractivity contribution in [2.24, 2.45) is 0 Å². The summed E-state index contributed by atoms with van der Waals surface area (Å²) >= 11 is 1.52. The summed E-state index contributed by atoms with van der Waals surface area (Å²) in [6, 6.07) is 7.67. The molecule has 3 rings (SSSR count). The summed E-state index contributed by atoms with van der Waals surface area (Å²) in [5.41, 5.74) is 2.52. The normalized spacial score (nSPS) is 16.1. The van der Waals surface area contributed by atoms with Crippen molar-refractivity contribution in [2.75, 3.05) is 32.8 Å². The number of halogens is 1. The van der Waals surface area contributed by atoms with E-state index < -0.39 is 24.1 Å². The van der Waals surface area contributed by atoms with Crippen LogP contribution in [0.4, 0.5) is 9.18 Å². The number of carboxylic acid groups (broad SMARTS) is 1. The van der Waals surface area contributed by atoms with Crippen molar-refractivity contribution >= 4 is 23.8 Å². The number of hydrogen-bond acceptors (Lipinski definition) is 5. The van der Waals surface area contributed by atoms with Gasteiger partial charge in [-0.2, -0.15) is 11.8 Å². The van der Waals surface area contributed by atoms with E-state index in [0.717, 1.165) is 11.1 Å². The van der Waals surface area contributed by atoms with E-state index in [4.69, 9.17) is 9.47 Å². The SMILES string of the molecule is COc1cc2c(cc1OC)[C@H](c1ccc(F)cc1)N(C(=O)N[C@@H](CCSC)C(=O)O)CC2. The molecule has 0 saturated heterocycles. The highest BCUT2D eigenvalue weighted by Crippen LogP contribution is 2.41. The number of amides is 2. The second-order valence-corrected chi connectivity index (χ2v) is 8.41. The maximum absolute atomic E-state index is 13.6. The number of rotatable bonds is 8. The highest BCUT2D eigenvalue weighted by atomic mass is 32.2. The summed E-state index contributed by atoms with van der Waals surface area (Å²) < 4.78 is 24.5. The zero-order chi connectivity index (χ0) is 23.3. The van der Waals surface area contributed by atoms with Gasteiger partial charge in [0.15, 0.2) is 11.5 Å². The molecule has 0 unspecified atom stereocenters. The van der Waals surface area contributed by atoms with Crippen LogP contribution in [0.5, 0.6) is 11.5 Å². The minimum absolute atomic E-state index is 0.318. The molecule has 0 radical (unpaired) electrons. The number of carboxylic acids is 1. The van der Waals surface area contributed by atoms with E-state index in [1.807, 2.05) is 18.4 Å². The van der Waals surface area contributed by atoms with E-state index in [0.29, 0.717) is 42.2 Å². The molecule has 2 aromatic carbocycles. The van der Waals surface area contributed by atoms with Crippen LogP contribution in [0.3, 0.4) is 0 Å². The van der Waals surface area contributed by atoms with Gasteiger partial charge in [-0.3, -0.25) is 0 Å². The van der Waals surface area contributed by atoms with E-state index in [1.54, 1.807) is 24.1 Å². The first kappa shape index (κ1) is 23.7. The third-order valence-electron chi connectivity index (χ3n) is 5.53. The third kappa shape index (κ3) is 5.09. The monoisotopic (exact) mass is 462 g/mol. The number of nitrogens with one attached hydrogen (secondary N) is 1. The standard InChI is InChI=1S/C23H27FN2O5S/c1-30-19-12-15-8-10-26(23(29)25-18(22(27)28)9-11-32-3)21(17(15)13-20(19)31-2)14-4-6-16(24)7-5-14/h4-7,12-13,18,21H,8-11H2,1-3H3,(H,25,29)(H,27,28)/t18-,21-/m0/s1. The highest BCUT2D eigenvalue weighted by Gasteiger charge is 2.35. The summed E-state index contributed by atoms with van der Waals surface area (Å²) in [5, 5.41) is 12.2. The Balaban J connectivity index is 2.01. The lowest BCUT2D eigenvalue weighted by atomic mass is 9.87. The lowest BCUT2D eigenvalue weighted by Crippen LogP contribution is -2.51. The van der Waals surface area contributed by atoms with Crippen LogP contribution in [0.1, 0.15) is 29.2 Å². The zero-order valence-electron chi connectivity index (χ0n) is 18.3. The third-order valence-corrected chi connectivity index (χ3v) is 6.17. The molecule has 2 aromatic rings. The Bertz CT molecular complexity index is 970. The molecule has 1 aliphatic heterocycles. The van der Waals surface area contributed by atoms with Gasteiger partial charge in [0.1, 0.15) is 11.9 Å². The highest BCUT2D eigenvalue weighted by molar-refractivity contribution is 7.98. The number of fused-ring (bicyclic) bond motifs is 1. The lowest BCUT2D eigenvalue weighted by Gasteiger charge is -2.38. The van der Waals surface area contributed by atoms with Crippen molar-refractivity contribution in [3.8, 4) is 11.5 Å². The molecule has 9 heteroatoms. The summed E-state index contributed by atoms with van der Waals surface area (Å²) in [5.74, 6) is 0.262. The van der Waals surface area contributed by atoms with Gasteiger partial charge in [-0.05, 0) is 65.8 Å². The molecule has 0 spiro atoms. The molecule has 172 valence electrons. The summed E-state index contributed by atoms with van der Waals surface area (Å²) in [7, 11) is 3.10. The number of carbonyl (C=O) groups excluding carboxylic acids is 1. The summed E-state index contributed by atoms with van der Waals surface area (Å²) in [4.78, 5) is 26.5. The molecule has 0 aromatic heterocycles. The van der Waals surface area contributed by atoms with Crippen LogP contribution in [-0.2, 0) is 11.2 Å². The van der Waals surface area contributed by atoms with E-state index >= 15 is 0 Å². The Morgan fingerprint density at radius 3 is 2.47 bits per heavy atom. The van der Waals surface area contributed by atoms with Gasteiger partial charge in [0, 0.05) is 6.54 Å². The van der Waals surface area contributed by atoms with Crippen LogP contribution >= 0.6 is 11.8 Å². The minimum atomic E-state index is -1.07. The quantitative estimate of drug-likeness (QED) is 0.622. The molecule has 0 fully saturated rings. The van der Waals surface area contributed by atoms with Gasteiger partial charge < -0.3 is 24.8 Å². The number of carbonyl (C=O) groups is 2. The van der Waals surface area contributed by atoms with Crippen molar-refractivity contribution in [1.29, 1.82) is 0 Å². The van der Waals surface area contributed by atoms with Crippen molar-refractivity contribution in [1.82, 2.24) is 10.2 Å². The van der Waals surface area contributed by atoms with Crippen LogP contribution in [0.25, 0.3) is 0 Å². The minimum Gasteiger partial charge on any atom is -0.493 e. The Morgan fingerprint density at radius 1 is 1.22 bits per heavy atom. The maximum Gasteiger partial charge on any atom is 0.326 e. The maximum atomic E-state index is 13.6. The first-order chi connectivity index (χ1) is 15.4. The van der Waals surface area contributed by atoms with E-state index in [9.17, 15) is 19.1 Å². The predicted octanol–water partition coefficient (Wildman–Crippen LogP) is 3.71. The average Bonchev–Trinajstić information content (AvgIpc) is 2.80. The average molecular weight is 463 g/mol. The summed E-state index contributed by atoms with van der Waals surface area (Å²) in [6.45, 7) is 0.366. The first-order valence-corrected chi connectivity index (χ1v) is 11.6. The van der Waals surface area contributed by atoms with Crippen molar-refractivity contribution in [3.05, 3.63) is 58.9 Å². The molecule has 1 aliphatic rings. The van der Waals surface area contributed by atoms with Gasteiger partial charge in [-0.1, -0.05) is 12.1 Å². The largest absolute Gasteiger partial charge is 0.493 e. The molecule has 0 bridgehead atoms. The molecule has 2 N–H and O–H groups in total. The number of aliphatic carboxylic acids is 1. The predicted molar refractivity (Wildman–Crippen MR) is 121 cm³/mol. The summed E-state index contributed by atoms with van der Waals surface area (Å²) in [6.07, 6.45) is 2.76. The van der Waals surface area contributed by atoms with Gasteiger partial charge in [-0.15, -0.1) is 0 Å². The van der Waals surface area contributed by atoms with Crippen LogP contribution in [0.2, 0.25) is 0 Å². The number of urea groups is 1. The van der Waals surface area contributed by atoms with E-state index in [1.165, 1.54) is 31.0 Å². The number of benzene rings is 2. The fraction of sp³-hybridized carbons (Fsp3) is 0.391. The molecule has 32 heavy (non-hydrogen) atoms. The Kier molecular flexibility index (Phi) is 7.84. The van der Waals surface area contributed by atoms with E-state index in [2.05, 4.69) is 5.32 Å². The molecule has 2 amide bonds. The number of thioether (sulfide) groups is 1. The molecule has 1 heterocycles. The lowest BCUT2D eigenvalue weighted by molar-refractivity contribution is -0.139. The van der Waals surface area contributed by atoms with Gasteiger partial charge in [0.05, 0.1) is 20.3 Å². The Labute approximate surface area is 190 Å². The molecule has 0 saturated carbocycles. The molecule has 0 aliphatic carbocycles. The Hall–Kier alpha value is -2.94. The number of nitrogens with zero attached hydrogens (tertiary/aromatic N) is 1. The molecule has 2 atom stereocenters. The fourth-order valence-corrected chi connectivity index (χ4v) is 4.37. The zero-order valence-corrected chi connectivity index (χ0v) is 19.1. The first-order valence-electron chi connectivity index (χ1n) is 10.2. The second-order valence-electron chi connectivity index (χ2n) is 7.43. The van der Waals surface area contributed by atoms with Crippen molar-refractivity contribution in [2.45, 2.75) is 24.9 Å². The second kappa shape index (κ2) is 10.6. The van der Waals surface area contributed by atoms with Gasteiger partial charge >= 0.3 is 12.0 Å². The number of methoxy groups -OCH3 is 2.